The van der Waals surface area contributed by atoms with Crippen LogP contribution in [0.5, 0.6) is 0 Å². The molecule has 1 heterocycles. The van der Waals surface area contributed by atoms with Crippen LogP contribution in [-0.2, 0) is 0 Å². The van der Waals surface area contributed by atoms with Crippen molar-refractivity contribution in [1.82, 2.24) is 0 Å². The molecule has 0 aliphatic rings. The smallest absolute Gasteiger partial charge is 0.432 e. The molecule has 0 radical (unpaired) electrons. The average Bonchev–Trinajstić information content (AvgIpc) is 3.04. The first-order chi connectivity index (χ1) is 10.8. The zero-order valence-corrected chi connectivity index (χ0v) is 11.9. The number of benzene rings is 3. The predicted molar refractivity (Wildman–Crippen MR) is 90.7 cm³/mol. The van der Waals surface area contributed by atoms with Crippen LogP contribution in [0.2, 0.25) is 0 Å². The standard InChI is InChI=1S/C18H12O.BH3O2/c1-2-7-14-13(5-1)6-3-8-15(14)16-9-4-10-18-17(16)11-12-19-18;2-1-3/h1-12H;1-3H. The summed E-state index contributed by atoms with van der Waals surface area (Å²) in [5.74, 6) is 0. The van der Waals surface area contributed by atoms with E-state index < -0.39 is 7.69 Å². The van der Waals surface area contributed by atoms with Gasteiger partial charge >= 0.3 is 7.69 Å². The van der Waals surface area contributed by atoms with Crippen LogP contribution in [0.4, 0.5) is 0 Å². The summed E-state index contributed by atoms with van der Waals surface area (Å²) in [5.41, 5.74) is 3.42. The summed E-state index contributed by atoms with van der Waals surface area (Å²) in [7, 11) is -0.750. The van der Waals surface area contributed by atoms with E-state index in [0.717, 1.165) is 5.58 Å². The summed E-state index contributed by atoms with van der Waals surface area (Å²) in [6, 6.07) is 23.1. The summed E-state index contributed by atoms with van der Waals surface area (Å²) < 4.78 is 5.49. The molecule has 108 valence electrons. The van der Waals surface area contributed by atoms with Crippen molar-refractivity contribution in [3.8, 4) is 11.1 Å². The lowest BCUT2D eigenvalue weighted by Crippen LogP contribution is -1.81. The summed E-state index contributed by atoms with van der Waals surface area (Å²) >= 11 is 0. The lowest BCUT2D eigenvalue weighted by Gasteiger charge is -2.07. The summed E-state index contributed by atoms with van der Waals surface area (Å²) in [5, 5.41) is 18.0. The number of hydrogen-bond donors (Lipinski definition) is 2. The van der Waals surface area contributed by atoms with Gasteiger partial charge in [-0.25, -0.2) is 0 Å². The first-order valence-electron chi connectivity index (χ1n) is 7.01. The first-order valence-corrected chi connectivity index (χ1v) is 7.01. The van der Waals surface area contributed by atoms with Gasteiger partial charge in [0.25, 0.3) is 0 Å². The van der Waals surface area contributed by atoms with E-state index in [1.807, 2.05) is 18.2 Å². The minimum Gasteiger partial charge on any atom is -0.464 e. The lowest BCUT2D eigenvalue weighted by molar-refractivity contribution is 0.448. The third kappa shape index (κ3) is 2.62. The molecule has 0 bridgehead atoms. The molecule has 0 saturated carbocycles. The van der Waals surface area contributed by atoms with E-state index in [4.69, 9.17) is 14.5 Å². The molecule has 0 fully saturated rings. The van der Waals surface area contributed by atoms with Gasteiger partial charge in [0.1, 0.15) is 5.58 Å². The van der Waals surface area contributed by atoms with Gasteiger partial charge in [0.2, 0.25) is 0 Å². The molecule has 4 rings (SSSR count). The molecule has 0 saturated heterocycles. The number of furan rings is 1. The fourth-order valence-electron chi connectivity index (χ4n) is 2.69. The Bertz CT molecular complexity index is 894. The lowest BCUT2D eigenvalue weighted by atomic mass is 9.96. The fourth-order valence-corrected chi connectivity index (χ4v) is 2.69. The Morgan fingerprint density at radius 3 is 2.14 bits per heavy atom. The van der Waals surface area contributed by atoms with Crippen LogP contribution in [0.3, 0.4) is 0 Å². The zero-order valence-electron chi connectivity index (χ0n) is 11.9. The van der Waals surface area contributed by atoms with Gasteiger partial charge in [-0.15, -0.1) is 0 Å². The summed E-state index contributed by atoms with van der Waals surface area (Å²) in [6.45, 7) is 0. The number of hydrogen-bond acceptors (Lipinski definition) is 3. The topological polar surface area (TPSA) is 53.6 Å². The van der Waals surface area contributed by atoms with Crippen molar-refractivity contribution in [3.05, 3.63) is 73.0 Å². The van der Waals surface area contributed by atoms with Gasteiger partial charge in [-0.2, -0.15) is 0 Å². The third-order valence-corrected chi connectivity index (χ3v) is 3.58. The van der Waals surface area contributed by atoms with Crippen molar-refractivity contribution in [1.29, 1.82) is 0 Å². The SMILES string of the molecule is OBO.c1ccc2c(-c3cccc4occc34)cccc2c1. The quantitative estimate of drug-likeness (QED) is 0.528. The van der Waals surface area contributed by atoms with Gasteiger partial charge in [-0.3, -0.25) is 0 Å². The van der Waals surface area contributed by atoms with Crippen molar-refractivity contribution in [2.24, 2.45) is 0 Å². The van der Waals surface area contributed by atoms with Crippen LogP contribution in [-0.4, -0.2) is 17.7 Å². The fraction of sp³-hybridized carbons (Fsp3) is 0. The monoisotopic (exact) mass is 290 g/mol. The van der Waals surface area contributed by atoms with E-state index in [-0.39, 0.29) is 0 Å². The average molecular weight is 290 g/mol. The summed E-state index contributed by atoms with van der Waals surface area (Å²) in [4.78, 5) is 0. The van der Waals surface area contributed by atoms with E-state index in [1.54, 1.807) is 6.26 Å². The molecular formula is C18H15BO3. The molecule has 4 aromatic rings. The zero-order chi connectivity index (χ0) is 15.4. The maximum Gasteiger partial charge on any atom is 0.432 e. The highest BCUT2D eigenvalue weighted by Gasteiger charge is 2.08. The normalized spacial score (nSPS) is 10.3. The van der Waals surface area contributed by atoms with E-state index in [2.05, 4.69) is 48.5 Å². The molecule has 0 unspecified atom stereocenters. The van der Waals surface area contributed by atoms with Crippen molar-refractivity contribution in [3.63, 3.8) is 0 Å². The molecule has 22 heavy (non-hydrogen) atoms. The molecule has 3 nitrogen and oxygen atoms in total. The Balaban J connectivity index is 0.000000446. The van der Waals surface area contributed by atoms with Crippen molar-refractivity contribution in [2.45, 2.75) is 0 Å². The molecule has 3 aromatic carbocycles. The van der Waals surface area contributed by atoms with Crippen LogP contribution >= 0.6 is 0 Å². The highest BCUT2D eigenvalue weighted by molar-refractivity contribution is 6.13. The molecule has 1 aromatic heterocycles. The second-order valence-corrected chi connectivity index (χ2v) is 4.81. The molecule has 0 amide bonds. The van der Waals surface area contributed by atoms with E-state index in [1.165, 1.54) is 27.3 Å². The number of fused-ring (bicyclic) bond motifs is 2. The molecule has 0 spiro atoms. The van der Waals surface area contributed by atoms with Gasteiger partial charge in [-0.1, -0.05) is 54.6 Å². The van der Waals surface area contributed by atoms with Gasteiger partial charge in [-0.05, 0) is 34.0 Å². The van der Waals surface area contributed by atoms with E-state index >= 15 is 0 Å². The molecule has 0 aliphatic heterocycles. The number of rotatable bonds is 1. The third-order valence-electron chi connectivity index (χ3n) is 3.58. The largest absolute Gasteiger partial charge is 0.464 e. The van der Waals surface area contributed by atoms with Crippen LogP contribution in [0.1, 0.15) is 0 Å². The maximum absolute atomic E-state index is 7.12. The van der Waals surface area contributed by atoms with E-state index in [0.29, 0.717) is 0 Å². The van der Waals surface area contributed by atoms with Crippen molar-refractivity contribution < 1.29 is 14.5 Å². The summed E-state index contributed by atoms with van der Waals surface area (Å²) in [6.07, 6.45) is 1.75. The maximum atomic E-state index is 7.12. The molecule has 4 heteroatoms. The Morgan fingerprint density at radius 2 is 1.32 bits per heavy atom. The van der Waals surface area contributed by atoms with Crippen LogP contribution in [0.15, 0.2) is 77.4 Å². The van der Waals surface area contributed by atoms with E-state index in [9.17, 15) is 0 Å². The second kappa shape index (κ2) is 6.47. The second-order valence-electron chi connectivity index (χ2n) is 4.81. The predicted octanol–water partition coefficient (Wildman–Crippen LogP) is 3.49. The van der Waals surface area contributed by atoms with Crippen LogP contribution in [0, 0.1) is 0 Å². The van der Waals surface area contributed by atoms with Crippen LogP contribution in [0.25, 0.3) is 32.9 Å². The molecular weight excluding hydrogens is 275 g/mol. The minimum atomic E-state index is -0.750. The van der Waals surface area contributed by atoms with Gasteiger partial charge in [0.05, 0.1) is 6.26 Å². The van der Waals surface area contributed by atoms with Crippen LogP contribution < -0.4 is 0 Å². The highest BCUT2D eigenvalue weighted by Crippen LogP contribution is 2.33. The Morgan fingerprint density at radius 1 is 0.682 bits per heavy atom. The van der Waals surface area contributed by atoms with Gasteiger partial charge in [0, 0.05) is 5.39 Å². The van der Waals surface area contributed by atoms with Gasteiger partial charge < -0.3 is 14.5 Å². The van der Waals surface area contributed by atoms with Crippen molar-refractivity contribution >= 4 is 29.4 Å². The van der Waals surface area contributed by atoms with Gasteiger partial charge in [0.15, 0.2) is 0 Å². The Hall–Kier alpha value is -2.56. The van der Waals surface area contributed by atoms with Crippen molar-refractivity contribution in [2.75, 3.05) is 0 Å². The molecule has 0 atom stereocenters. The molecule has 0 aliphatic carbocycles. The molecule has 2 N–H and O–H groups in total. The highest BCUT2D eigenvalue weighted by atomic mass is 16.4. The first kappa shape index (κ1) is 14.4. The Labute approximate surface area is 128 Å². The minimum absolute atomic E-state index is 0.750. The Kier molecular flexibility index (Phi) is 4.23.